The number of hydrogen-bond acceptors (Lipinski definition) is 3. The van der Waals surface area contributed by atoms with Gasteiger partial charge in [0, 0.05) is 56.6 Å². The first-order chi connectivity index (χ1) is 14.1. The molecule has 2 aliphatic rings. The summed E-state index contributed by atoms with van der Waals surface area (Å²) < 4.78 is 0. The number of rotatable bonds is 5. The summed E-state index contributed by atoms with van der Waals surface area (Å²) in [5.74, 6) is 0.116. The van der Waals surface area contributed by atoms with Gasteiger partial charge in [0.1, 0.15) is 0 Å². The zero-order chi connectivity index (χ0) is 20.2. The SMILES string of the molecule is CN(Cc1ccccc1N1CCCCC1)C(=O)c1cccc(N2CCCC2=O)c1. The van der Waals surface area contributed by atoms with E-state index in [1.165, 1.54) is 30.5 Å². The highest BCUT2D eigenvalue weighted by atomic mass is 16.2. The van der Waals surface area contributed by atoms with Gasteiger partial charge in [-0.2, -0.15) is 0 Å². The summed E-state index contributed by atoms with van der Waals surface area (Å²) in [5.41, 5.74) is 3.86. The van der Waals surface area contributed by atoms with Crippen molar-refractivity contribution in [2.75, 3.05) is 36.5 Å². The smallest absolute Gasteiger partial charge is 0.253 e. The van der Waals surface area contributed by atoms with Gasteiger partial charge in [0.25, 0.3) is 5.91 Å². The van der Waals surface area contributed by atoms with E-state index < -0.39 is 0 Å². The molecule has 2 fully saturated rings. The second-order valence-corrected chi connectivity index (χ2v) is 8.04. The third-order valence-corrected chi connectivity index (χ3v) is 5.92. The highest BCUT2D eigenvalue weighted by Crippen LogP contribution is 2.26. The molecule has 0 N–H and O–H groups in total. The molecule has 152 valence electrons. The number of amides is 2. The van der Waals surface area contributed by atoms with E-state index in [9.17, 15) is 9.59 Å². The van der Waals surface area contributed by atoms with Crippen molar-refractivity contribution in [3.63, 3.8) is 0 Å². The maximum Gasteiger partial charge on any atom is 0.253 e. The summed E-state index contributed by atoms with van der Waals surface area (Å²) in [6.45, 7) is 3.47. The standard InChI is InChI=1S/C24H29N3O2/c1-25(18-20-9-3-4-12-22(20)26-14-5-2-6-15-26)24(29)19-10-7-11-21(17-19)27-16-8-13-23(27)28/h3-4,7,9-12,17H,2,5-6,8,13-16,18H2,1H3. The van der Waals surface area contributed by atoms with Gasteiger partial charge in [-0.1, -0.05) is 24.3 Å². The molecule has 0 atom stereocenters. The molecule has 5 heteroatoms. The van der Waals surface area contributed by atoms with E-state index in [0.717, 1.165) is 31.7 Å². The molecular weight excluding hydrogens is 362 g/mol. The Morgan fingerprint density at radius 1 is 0.966 bits per heavy atom. The van der Waals surface area contributed by atoms with Gasteiger partial charge in [0.15, 0.2) is 0 Å². The number of para-hydroxylation sites is 1. The maximum atomic E-state index is 13.1. The molecule has 0 radical (unpaired) electrons. The Bertz CT molecular complexity index is 889. The average molecular weight is 392 g/mol. The van der Waals surface area contributed by atoms with Crippen LogP contribution in [0.3, 0.4) is 0 Å². The van der Waals surface area contributed by atoms with Gasteiger partial charge in [0.05, 0.1) is 0 Å². The molecule has 0 unspecified atom stereocenters. The van der Waals surface area contributed by atoms with Crippen LogP contribution >= 0.6 is 0 Å². The molecule has 2 heterocycles. The van der Waals surface area contributed by atoms with Crippen LogP contribution in [0.1, 0.15) is 48.0 Å². The average Bonchev–Trinajstić information content (AvgIpc) is 3.20. The van der Waals surface area contributed by atoms with Crippen molar-refractivity contribution >= 4 is 23.2 Å². The van der Waals surface area contributed by atoms with Crippen LogP contribution in [-0.4, -0.2) is 43.4 Å². The Morgan fingerprint density at radius 3 is 2.52 bits per heavy atom. The van der Waals surface area contributed by atoms with Gasteiger partial charge in [-0.3, -0.25) is 9.59 Å². The van der Waals surface area contributed by atoms with Crippen molar-refractivity contribution in [1.82, 2.24) is 4.90 Å². The molecule has 0 bridgehead atoms. The Morgan fingerprint density at radius 2 is 1.76 bits per heavy atom. The Labute approximate surface area is 172 Å². The molecule has 4 rings (SSSR count). The Kier molecular flexibility index (Phi) is 5.84. The predicted molar refractivity (Wildman–Crippen MR) is 116 cm³/mol. The van der Waals surface area contributed by atoms with Gasteiger partial charge in [-0.25, -0.2) is 0 Å². The van der Waals surface area contributed by atoms with Crippen LogP contribution in [0.2, 0.25) is 0 Å². The summed E-state index contributed by atoms with van der Waals surface area (Å²) in [5, 5.41) is 0. The summed E-state index contributed by atoms with van der Waals surface area (Å²) in [4.78, 5) is 31.1. The molecule has 2 aliphatic heterocycles. The number of hydrogen-bond donors (Lipinski definition) is 0. The molecule has 5 nitrogen and oxygen atoms in total. The van der Waals surface area contributed by atoms with Crippen molar-refractivity contribution < 1.29 is 9.59 Å². The minimum Gasteiger partial charge on any atom is -0.371 e. The van der Waals surface area contributed by atoms with Crippen molar-refractivity contribution in [3.05, 3.63) is 59.7 Å². The quantitative estimate of drug-likeness (QED) is 0.772. The Balaban J connectivity index is 1.50. The number of carbonyl (C=O) groups excluding carboxylic acids is 2. The zero-order valence-electron chi connectivity index (χ0n) is 17.1. The number of nitrogens with zero attached hydrogens (tertiary/aromatic N) is 3. The van der Waals surface area contributed by atoms with Crippen LogP contribution in [0, 0.1) is 0 Å². The van der Waals surface area contributed by atoms with E-state index in [0.29, 0.717) is 18.5 Å². The van der Waals surface area contributed by atoms with Crippen molar-refractivity contribution in [3.8, 4) is 0 Å². The zero-order valence-corrected chi connectivity index (χ0v) is 17.1. The lowest BCUT2D eigenvalue weighted by molar-refractivity contribution is -0.117. The molecule has 2 amide bonds. The lowest BCUT2D eigenvalue weighted by atomic mass is 10.1. The van der Waals surface area contributed by atoms with Crippen LogP contribution in [0.4, 0.5) is 11.4 Å². The van der Waals surface area contributed by atoms with Crippen LogP contribution < -0.4 is 9.80 Å². The molecular formula is C24H29N3O2. The monoisotopic (exact) mass is 391 g/mol. The molecule has 0 aromatic heterocycles. The van der Waals surface area contributed by atoms with Crippen LogP contribution in [0.15, 0.2) is 48.5 Å². The van der Waals surface area contributed by atoms with Gasteiger partial charge in [0.2, 0.25) is 5.91 Å². The van der Waals surface area contributed by atoms with Crippen molar-refractivity contribution in [1.29, 1.82) is 0 Å². The largest absolute Gasteiger partial charge is 0.371 e. The van der Waals surface area contributed by atoms with Gasteiger partial charge in [-0.05, 0) is 55.5 Å². The van der Waals surface area contributed by atoms with E-state index >= 15 is 0 Å². The van der Waals surface area contributed by atoms with Crippen LogP contribution in [0.25, 0.3) is 0 Å². The lowest BCUT2D eigenvalue weighted by Crippen LogP contribution is -2.32. The first kappa shape index (κ1) is 19.5. The molecule has 0 aliphatic carbocycles. The molecule has 2 aromatic rings. The van der Waals surface area contributed by atoms with Gasteiger partial charge >= 0.3 is 0 Å². The predicted octanol–water partition coefficient (Wildman–Crippen LogP) is 4.08. The van der Waals surface area contributed by atoms with E-state index in [-0.39, 0.29) is 11.8 Å². The molecule has 2 aromatic carbocycles. The minimum absolute atomic E-state index is 0.0213. The van der Waals surface area contributed by atoms with E-state index in [4.69, 9.17) is 0 Å². The van der Waals surface area contributed by atoms with Gasteiger partial charge in [-0.15, -0.1) is 0 Å². The lowest BCUT2D eigenvalue weighted by Gasteiger charge is -2.31. The molecule has 29 heavy (non-hydrogen) atoms. The summed E-state index contributed by atoms with van der Waals surface area (Å²) >= 11 is 0. The highest BCUT2D eigenvalue weighted by Gasteiger charge is 2.23. The fourth-order valence-corrected chi connectivity index (χ4v) is 4.36. The highest BCUT2D eigenvalue weighted by molar-refractivity contribution is 5.99. The first-order valence-electron chi connectivity index (χ1n) is 10.6. The van der Waals surface area contributed by atoms with E-state index in [1.807, 2.05) is 37.4 Å². The number of benzene rings is 2. The third kappa shape index (κ3) is 4.29. The van der Waals surface area contributed by atoms with E-state index in [2.05, 4.69) is 23.1 Å². The normalized spacial score (nSPS) is 16.9. The van der Waals surface area contributed by atoms with Gasteiger partial charge < -0.3 is 14.7 Å². The topological polar surface area (TPSA) is 43.9 Å². The fraction of sp³-hybridized carbons (Fsp3) is 0.417. The minimum atomic E-state index is -0.0213. The number of anilines is 2. The molecule has 0 saturated carbocycles. The summed E-state index contributed by atoms with van der Waals surface area (Å²) in [7, 11) is 1.85. The maximum absolute atomic E-state index is 13.1. The fourth-order valence-electron chi connectivity index (χ4n) is 4.36. The van der Waals surface area contributed by atoms with E-state index in [1.54, 1.807) is 9.80 Å². The number of piperidine rings is 1. The molecule has 2 saturated heterocycles. The summed E-state index contributed by atoms with van der Waals surface area (Å²) in [6, 6.07) is 15.9. The van der Waals surface area contributed by atoms with Crippen LogP contribution in [-0.2, 0) is 11.3 Å². The number of carbonyl (C=O) groups is 2. The van der Waals surface area contributed by atoms with Crippen molar-refractivity contribution in [2.45, 2.75) is 38.6 Å². The second-order valence-electron chi connectivity index (χ2n) is 8.04. The third-order valence-electron chi connectivity index (χ3n) is 5.92. The summed E-state index contributed by atoms with van der Waals surface area (Å²) in [6.07, 6.45) is 5.22. The second kappa shape index (κ2) is 8.68. The van der Waals surface area contributed by atoms with Crippen molar-refractivity contribution in [2.24, 2.45) is 0 Å². The Hall–Kier alpha value is -2.82. The molecule has 0 spiro atoms. The van der Waals surface area contributed by atoms with Crippen LogP contribution in [0.5, 0.6) is 0 Å². The first-order valence-corrected chi connectivity index (χ1v) is 10.6.